The summed E-state index contributed by atoms with van der Waals surface area (Å²) in [6.45, 7) is 9.99. The molecule has 4 heterocycles. The molecule has 0 spiro atoms. The fourth-order valence-electron chi connectivity index (χ4n) is 19.0. The van der Waals surface area contributed by atoms with Gasteiger partial charge in [0.1, 0.15) is 23.3 Å². The molecule has 136 heavy (non-hydrogen) atoms. The average Bonchev–Trinajstić information content (AvgIpc) is 1.63. The number of benzene rings is 8. The van der Waals surface area contributed by atoms with Crippen molar-refractivity contribution in [1.82, 2.24) is 39.5 Å². The van der Waals surface area contributed by atoms with Gasteiger partial charge >= 0.3 is 0 Å². The van der Waals surface area contributed by atoms with Crippen molar-refractivity contribution in [2.24, 2.45) is 45.9 Å². The minimum absolute atomic E-state index is 0.0246. The first-order chi connectivity index (χ1) is 65.3. The lowest BCUT2D eigenvalue weighted by atomic mass is 9.83. The van der Waals surface area contributed by atoms with Crippen LogP contribution in [0.2, 0.25) is 0 Å². The van der Waals surface area contributed by atoms with E-state index in [1.165, 1.54) is 99.3 Å². The maximum absolute atomic E-state index is 14.2. The molecule has 0 aliphatic heterocycles. The summed E-state index contributed by atoms with van der Waals surface area (Å²) >= 11 is 0. The average molecular weight is 1860 g/mol. The Balaban J connectivity index is 0.000000153. The molecule has 714 valence electrons. The third-order valence-corrected chi connectivity index (χ3v) is 26.7. The lowest BCUT2D eigenvalue weighted by Gasteiger charge is -2.22. The molecule has 28 heteroatoms. The number of carbonyl (C=O) groups is 4. The number of aryl methyl sites for hydroxylation is 4. The predicted molar refractivity (Wildman–Crippen MR) is 515 cm³/mol. The van der Waals surface area contributed by atoms with Gasteiger partial charge in [0.25, 0.3) is 0 Å². The first-order valence-electron chi connectivity index (χ1n) is 44.8. The van der Waals surface area contributed by atoms with Crippen molar-refractivity contribution in [2.45, 2.75) is 122 Å². The van der Waals surface area contributed by atoms with E-state index in [-0.39, 0.29) is 137 Å². The van der Waals surface area contributed by atoms with Crippen LogP contribution < -0.4 is 59.2 Å². The number of amides is 4. The van der Waals surface area contributed by atoms with Gasteiger partial charge in [0.05, 0.1) is 83.1 Å². The molecule has 8 aromatic carbocycles. The number of phenols is 4. The zero-order valence-corrected chi connectivity index (χ0v) is 79.3. The van der Waals surface area contributed by atoms with E-state index >= 15 is 0 Å². The normalized spacial score (nSPS) is 17.5. The number of nitrogens with zero attached hydrogens (tertiary/aromatic N) is 4. The molecule has 8 atom stereocenters. The maximum Gasteiger partial charge on any atom is 0.221 e. The van der Waals surface area contributed by atoms with Gasteiger partial charge in [0.15, 0.2) is 46.0 Å². The molecule has 8 N–H and O–H groups in total. The molecule has 0 bridgehead atoms. The number of hydrogen-bond acceptors (Lipinski definition) is 16. The lowest BCUT2D eigenvalue weighted by molar-refractivity contribution is -0.122. The summed E-state index contributed by atoms with van der Waals surface area (Å²) in [4.78, 5) is 51.3. The molecule has 4 aromatic heterocycles. The van der Waals surface area contributed by atoms with Gasteiger partial charge in [0, 0.05) is 107 Å². The first kappa shape index (κ1) is 98.8. The van der Waals surface area contributed by atoms with Crippen LogP contribution in [0.15, 0.2) is 200 Å². The number of aromatic nitrogens is 4. The molecular weight excluding hydrogens is 1740 g/mol. The summed E-state index contributed by atoms with van der Waals surface area (Å²) in [6, 6.07) is 48.7. The Labute approximate surface area is 789 Å². The number of aromatic hydroxyl groups is 4. The molecule has 24 nitrogen and oxygen atoms in total. The van der Waals surface area contributed by atoms with Gasteiger partial charge in [-0.05, 0) is 290 Å². The fraction of sp³-hybridized carbons (Fsp3) is 0.315. The van der Waals surface area contributed by atoms with Crippen LogP contribution in [0.3, 0.4) is 0 Å². The second-order valence-corrected chi connectivity index (χ2v) is 34.7. The van der Waals surface area contributed by atoms with Crippen molar-refractivity contribution < 1.29 is 95.1 Å². The second kappa shape index (κ2) is 44.0. The minimum Gasteiger partial charge on any atom is -0.502 e. The number of halogens is 4. The molecule has 12 aromatic rings. The maximum atomic E-state index is 14.2. The number of fused-ring (bicyclic) bond motifs is 4. The largest absolute Gasteiger partial charge is 0.502 e. The highest BCUT2D eigenvalue weighted by Crippen LogP contribution is 2.55. The zero-order valence-electron chi connectivity index (χ0n) is 79.3. The van der Waals surface area contributed by atoms with Gasteiger partial charge in [-0.3, -0.25) is 19.2 Å². The smallest absolute Gasteiger partial charge is 0.221 e. The summed E-state index contributed by atoms with van der Waals surface area (Å²) in [5.41, 5.74) is 18.6. The van der Waals surface area contributed by atoms with Crippen LogP contribution >= 0.6 is 0 Å². The molecule has 8 unspecified atom stereocenters. The standard InChI is InChI=1S/C27H31FN2O4.3C27H29FN2O4/c4*1-16-21(10-17-11-24(33-3)27(32)25(12-17)34-4)20-8-7-18(28)13-23(20)22(16)14-26(31)29-15-19-6-5-9-30(19)2/h5-9,11-13,16,21-22,32H,10,14-15H2,1-4H3,(H,29,31);5-9,11-13,22,32H,10,14-15H2,1-4H3,(H,29,31);2*5-13,16,22,32H,14-15H2,1-4H3,(H,29,31)/b;;2*21-10-. The minimum atomic E-state index is -0.325. The van der Waals surface area contributed by atoms with E-state index in [1.807, 2.05) is 159 Å². The summed E-state index contributed by atoms with van der Waals surface area (Å²) in [7, 11) is 19.6. The number of hydrogen-bond donors (Lipinski definition) is 8. The molecule has 4 amide bonds. The van der Waals surface area contributed by atoms with Crippen molar-refractivity contribution in [1.29, 1.82) is 0 Å². The molecule has 0 saturated heterocycles. The Morgan fingerprint density at radius 3 is 0.993 bits per heavy atom. The van der Waals surface area contributed by atoms with Crippen molar-refractivity contribution >= 4 is 52.5 Å². The number of allylic oxidation sites excluding steroid dienone is 4. The van der Waals surface area contributed by atoms with E-state index < -0.39 is 0 Å². The molecule has 0 saturated carbocycles. The van der Waals surface area contributed by atoms with Gasteiger partial charge in [-0.1, -0.05) is 62.8 Å². The van der Waals surface area contributed by atoms with Gasteiger partial charge in [0.2, 0.25) is 46.6 Å². The fourth-order valence-corrected chi connectivity index (χ4v) is 19.0. The highest BCUT2D eigenvalue weighted by Gasteiger charge is 2.42. The van der Waals surface area contributed by atoms with E-state index in [9.17, 15) is 57.2 Å². The number of carbonyl (C=O) groups excluding carboxylic acids is 4. The van der Waals surface area contributed by atoms with E-state index in [0.717, 1.165) is 112 Å². The number of nitrogens with one attached hydrogen (secondary N) is 4. The van der Waals surface area contributed by atoms with Crippen molar-refractivity contribution in [3.05, 3.63) is 313 Å². The van der Waals surface area contributed by atoms with Crippen LogP contribution in [0.4, 0.5) is 17.6 Å². The highest BCUT2D eigenvalue weighted by molar-refractivity contribution is 5.92. The number of methoxy groups -OCH3 is 8. The molecule has 0 fully saturated rings. The van der Waals surface area contributed by atoms with Crippen LogP contribution in [-0.4, -0.2) is 119 Å². The van der Waals surface area contributed by atoms with E-state index in [2.05, 4.69) is 28.2 Å². The Hall–Kier alpha value is -14.7. The second-order valence-electron chi connectivity index (χ2n) is 34.7. The van der Waals surface area contributed by atoms with E-state index in [4.69, 9.17) is 37.9 Å². The Bertz CT molecular complexity index is 6180. The summed E-state index contributed by atoms with van der Waals surface area (Å²) in [5, 5.41) is 52.9. The van der Waals surface area contributed by atoms with Crippen molar-refractivity contribution in [2.75, 3.05) is 56.9 Å². The predicted octanol–water partition coefficient (Wildman–Crippen LogP) is 19.1. The quantitative estimate of drug-likeness (QED) is 0.0194. The van der Waals surface area contributed by atoms with E-state index in [0.29, 0.717) is 91.4 Å². The molecule has 0 radical (unpaired) electrons. The SMILES string of the molecule is COc1cc(/C=C2\c3ccc(F)cc3C(CC(=O)NCc3cccn3C)C2C)cc(OC)c1O.COc1cc(/C=C2\c3ccc(F)cc3C(CC(=O)NCc3cccn3C)C2C)cc(OC)c1O.COc1cc(CC2=C(C)C(CC(=O)NCc3cccn3C)c3cc(F)ccc32)cc(OC)c1O.COc1cc(CC2c3ccc(F)cc3C(CC(=O)NCc3cccn3C)C2C)cc(OC)c1O. The molecule has 4 aliphatic carbocycles. The van der Waals surface area contributed by atoms with Crippen LogP contribution in [0.1, 0.15) is 173 Å². The van der Waals surface area contributed by atoms with Crippen LogP contribution in [0.25, 0.3) is 28.9 Å². The van der Waals surface area contributed by atoms with Crippen molar-refractivity contribution in [3.63, 3.8) is 0 Å². The molecule has 4 aliphatic rings. The number of ether oxygens (including phenoxy) is 8. The number of rotatable bonds is 30. The zero-order chi connectivity index (χ0) is 97.6. The van der Waals surface area contributed by atoms with Crippen LogP contribution in [-0.2, 0) is 86.4 Å². The van der Waals surface area contributed by atoms with Crippen LogP contribution in [0.5, 0.6) is 69.0 Å². The summed E-state index contributed by atoms with van der Waals surface area (Å²) in [5.74, 6) is 0.242. The van der Waals surface area contributed by atoms with Gasteiger partial charge < -0.3 is 97.9 Å². The Morgan fingerprint density at radius 2 is 0.654 bits per heavy atom. The van der Waals surface area contributed by atoms with Crippen molar-refractivity contribution in [3.8, 4) is 69.0 Å². The van der Waals surface area contributed by atoms with E-state index in [1.54, 1.807) is 72.8 Å². The molecule has 16 rings (SSSR count). The van der Waals surface area contributed by atoms with Gasteiger partial charge in [-0.15, -0.1) is 0 Å². The topological polar surface area (TPSA) is 291 Å². The van der Waals surface area contributed by atoms with Crippen LogP contribution in [0, 0.1) is 41.0 Å². The van der Waals surface area contributed by atoms with Gasteiger partial charge in [-0.25, -0.2) is 17.6 Å². The summed E-state index contributed by atoms with van der Waals surface area (Å²) < 4.78 is 107. The first-order valence-corrected chi connectivity index (χ1v) is 44.8. The third kappa shape index (κ3) is 22.4. The Morgan fingerprint density at radius 1 is 0.353 bits per heavy atom. The summed E-state index contributed by atoms with van der Waals surface area (Å²) in [6.07, 6.45) is 13.9. The lowest BCUT2D eigenvalue weighted by Crippen LogP contribution is -2.26. The van der Waals surface area contributed by atoms with Gasteiger partial charge in [-0.2, -0.15) is 0 Å². The Kier molecular flexibility index (Phi) is 32.0. The highest BCUT2D eigenvalue weighted by atomic mass is 19.1. The molecular formula is C108H118F4N8O16. The third-order valence-electron chi connectivity index (χ3n) is 26.7. The monoisotopic (exact) mass is 1860 g/mol. The number of phenolic OH excluding ortho intramolecular Hbond substituents is 4.